The van der Waals surface area contributed by atoms with E-state index in [0.717, 1.165) is 12.0 Å². The maximum atomic E-state index is 14.5. The SMILES string of the molecule is COC(=O)c1cc(Br)cc(N2CC(CS(=O)(=O)Cl)CC2=O)c1F. The molecule has 0 spiro atoms. The van der Waals surface area contributed by atoms with Gasteiger partial charge in [0, 0.05) is 34.0 Å². The summed E-state index contributed by atoms with van der Waals surface area (Å²) in [6.07, 6.45) is -0.0640. The lowest BCUT2D eigenvalue weighted by Gasteiger charge is -2.19. The number of carbonyl (C=O) groups is 2. The second kappa shape index (κ2) is 6.74. The number of methoxy groups -OCH3 is 1. The number of hydrogen-bond acceptors (Lipinski definition) is 5. The van der Waals surface area contributed by atoms with E-state index < -0.39 is 32.7 Å². The number of anilines is 1. The Morgan fingerprint density at radius 1 is 1.52 bits per heavy atom. The van der Waals surface area contributed by atoms with E-state index in [2.05, 4.69) is 20.7 Å². The van der Waals surface area contributed by atoms with Crippen LogP contribution in [0.5, 0.6) is 0 Å². The summed E-state index contributed by atoms with van der Waals surface area (Å²) in [5.74, 6) is -3.14. The summed E-state index contributed by atoms with van der Waals surface area (Å²) in [5, 5.41) is 0. The third-order valence-electron chi connectivity index (χ3n) is 3.35. The molecule has 1 atom stereocenters. The fourth-order valence-electron chi connectivity index (χ4n) is 2.44. The van der Waals surface area contributed by atoms with Crippen molar-refractivity contribution < 1.29 is 27.1 Å². The van der Waals surface area contributed by atoms with Crippen LogP contribution in [0.2, 0.25) is 0 Å². The van der Waals surface area contributed by atoms with Crippen LogP contribution in [0.15, 0.2) is 16.6 Å². The summed E-state index contributed by atoms with van der Waals surface area (Å²) >= 11 is 3.15. The average molecular weight is 429 g/mol. The van der Waals surface area contributed by atoms with Crippen molar-refractivity contribution in [3.8, 4) is 0 Å². The van der Waals surface area contributed by atoms with Gasteiger partial charge in [-0.15, -0.1) is 0 Å². The van der Waals surface area contributed by atoms with Crippen molar-refractivity contribution in [1.82, 2.24) is 0 Å². The first kappa shape index (κ1) is 18.2. The second-order valence-corrected chi connectivity index (χ2v) is 8.80. The maximum Gasteiger partial charge on any atom is 0.340 e. The van der Waals surface area contributed by atoms with Crippen LogP contribution >= 0.6 is 26.6 Å². The van der Waals surface area contributed by atoms with Crippen molar-refractivity contribution in [3.05, 3.63) is 28.0 Å². The summed E-state index contributed by atoms with van der Waals surface area (Å²) < 4.78 is 41.7. The van der Waals surface area contributed by atoms with Crippen molar-refractivity contribution >= 4 is 53.2 Å². The molecule has 1 fully saturated rings. The lowest BCUT2D eigenvalue weighted by molar-refractivity contribution is -0.117. The van der Waals surface area contributed by atoms with Crippen LogP contribution in [0.4, 0.5) is 10.1 Å². The molecule has 0 saturated carbocycles. The van der Waals surface area contributed by atoms with E-state index >= 15 is 0 Å². The van der Waals surface area contributed by atoms with Gasteiger partial charge in [-0.3, -0.25) is 4.79 Å². The zero-order chi connectivity index (χ0) is 17.4. The first-order valence-corrected chi connectivity index (χ1v) is 9.69. The molecule has 0 bridgehead atoms. The smallest absolute Gasteiger partial charge is 0.340 e. The van der Waals surface area contributed by atoms with E-state index in [1.807, 2.05) is 0 Å². The van der Waals surface area contributed by atoms with Gasteiger partial charge in [-0.1, -0.05) is 15.9 Å². The first-order chi connectivity index (χ1) is 10.6. The highest BCUT2D eigenvalue weighted by atomic mass is 79.9. The summed E-state index contributed by atoms with van der Waals surface area (Å²) in [7, 11) is 2.55. The zero-order valence-corrected chi connectivity index (χ0v) is 15.0. The number of benzene rings is 1. The second-order valence-electron chi connectivity index (χ2n) is 5.06. The van der Waals surface area contributed by atoms with Gasteiger partial charge in [-0.2, -0.15) is 0 Å². The minimum absolute atomic E-state index is 0.00122. The van der Waals surface area contributed by atoms with Gasteiger partial charge in [0.1, 0.15) is 0 Å². The largest absolute Gasteiger partial charge is 0.465 e. The average Bonchev–Trinajstić information content (AvgIpc) is 2.78. The molecule has 0 aromatic heterocycles. The first-order valence-electron chi connectivity index (χ1n) is 6.42. The van der Waals surface area contributed by atoms with Crippen LogP contribution in [0.25, 0.3) is 0 Å². The summed E-state index contributed by atoms with van der Waals surface area (Å²) in [5.41, 5.74) is -0.433. The van der Waals surface area contributed by atoms with E-state index in [1.165, 1.54) is 12.1 Å². The lowest BCUT2D eigenvalue weighted by Crippen LogP contribution is -2.27. The molecule has 23 heavy (non-hydrogen) atoms. The van der Waals surface area contributed by atoms with E-state index in [9.17, 15) is 22.4 Å². The number of hydrogen-bond donors (Lipinski definition) is 0. The third-order valence-corrected chi connectivity index (χ3v) is 5.06. The molecule has 1 amide bonds. The van der Waals surface area contributed by atoms with Gasteiger partial charge in [-0.25, -0.2) is 17.6 Å². The number of ether oxygens (including phenoxy) is 1. The van der Waals surface area contributed by atoms with E-state index in [1.54, 1.807) is 0 Å². The Morgan fingerprint density at radius 3 is 2.74 bits per heavy atom. The number of amides is 1. The van der Waals surface area contributed by atoms with E-state index in [4.69, 9.17) is 10.7 Å². The lowest BCUT2D eigenvalue weighted by atomic mass is 10.1. The van der Waals surface area contributed by atoms with Crippen LogP contribution in [-0.2, 0) is 18.6 Å². The number of rotatable bonds is 4. The molecule has 1 aliphatic heterocycles. The van der Waals surface area contributed by atoms with Gasteiger partial charge in [0.2, 0.25) is 15.0 Å². The monoisotopic (exact) mass is 427 g/mol. The van der Waals surface area contributed by atoms with E-state index in [0.29, 0.717) is 4.47 Å². The van der Waals surface area contributed by atoms with Crippen LogP contribution in [0, 0.1) is 11.7 Å². The van der Waals surface area contributed by atoms with Crippen molar-refractivity contribution in [2.45, 2.75) is 6.42 Å². The van der Waals surface area contributed by atoms with E-state index in [-0.39, 0.29) is 30.0 Å². The Balaban J connectivity index is 2.37. The molecule has 10 heteroatoms. The third kappa shape index (κ3) is 4.21. The summed E-state index contributed by atoms with van der Waals surface area (Å²) in [6, 6.07) is 2.59. The normalized spacial score (nSPS) is 18.3. The van der Waals surface area contributed by atoms with Crippen molar-refractivity contribution in [2.75, 3.05) is 24.3 Å². The number of carbonyl (C=O) groups excluding carboxylic acids is 2. The Morgan fingerprint density at radius 2 is 2.17 bits per heavy atom. The fourth-order valence-corrected chi connectivity index (χ4v) is 4.20. The van der Waals surface area contributed by atoms with Crippen molar-refractivity contribution in [3.63, 3.8) is 0 Å². The molecule has 2 rings (SSSR count). The topological polar surface area (TPSA) is 80.8 Å². The predicted molar refractivity (Wildman–Crippen MR) is 85.5 cm³/mol. The predicted octanol–water partition coefficient (Wildman–Crippen LogP) is 2.30. The van der Waals surface area contributed by atoms with Gasteiger partial charge in [0.05, 0.1) is 24.1 Å². The van der Waals surface area contributed by atoms with Gasteiger partial charge in [-0.05, 0) is 12.1 Å². The Kier molecular flexibility index (Phi) is 5.32. The highest BCUT2D eigenvalue weighted by molar-refractivity contribution is 9.10. The molecule has 1 aliphatic rings. The van der Waals surface area contributed by atoms with Crippen LogP contribution in [0.3, 0.4) is 0 Å². The molecule has 0 aliphatic carbocycles. The summed E-state index contributed by atoms with van der Waals surface area (Å²) in [6.45, 7) is -0.00122. The number of halogens is 3. The van der Waals surface area contributed by atoms with Gasteiger partial charge >= 0.3 is 5.97 Å². The number of esters is 1. The van der Waals surface area contributed by atoms with Crippen LogP contribution in [-0.4, -0.2) is 39.7 Å². The summed E-state index contributed by atoms with van der Waals surface area (Å²) in [4.78, 5) is 24.8. The molecule has 1 aromatic carbocycles. The maximum absolute atomic E-state index is 14.5. The molecule has 126 valence electrons. The van der Waals surface area contributed by atoms with Crippen LogP contribution in [0.1, 0.15) is 16.8 Å². The van der Waals surface area contributed by atoms with Gasteiger partial charge in [0.15, 0.2) is 5.82 Å². The minimum atomic E-state index is -3.76. The molecule has 1 unspecified atom stereocenters. The van der Waals surface area contributed by atoms with Crippen LogP contribution < -0.4 is 4.90 Å². The highest BCUT2D eigenvalue weighted by Crippen LogP contribution is 2.33. The molecule has 6 nitrogen and oxygen atoms in total. The Hall–Kier alpha value is -1.19. The van der Waals surface area contributed by atoms with Crippen molar-refractivity contribution in [1.29, 1.82) is 0 Å². The zero-order valence-electron chi connectivity index (χ0n) is 11.9. The Labute approximate surface area is 145 Å². The molecule has 1 heterocycles. The van der Waals surface area contributed by atoms with Crippen molar-refractivity contribution in [2.24, 2.45) is 5.92 Å². The highest BCUT2D eigenvalue weighted by Gasteiger charge is 2.35. The van der Waals surface area contributed by atoms with Gasteiger partial charge in [0.25, 0.3) is 0 Å². The Bertz CT molecular complexity index is 770. The van der Waals surface area contributed by atoms with Gasteiger partial charge < -0.3 is 9.64 Å². The molecule has 1 aromatic rings. The molecule has 0 radical (unpaired) electrons. The number of nitrogens with zero attached hydrogens (tertiary/aromatic N) is 1. The molecule has 1 saturated heterocycles. The molecular formula is C13H12BrClFNO5S. The minimum Gasteiger partial charge on any atom is -0.465 e. The molecule has 0 N–H and O–H groups in total. The standard InChI is InChI=1S/C13H12BrClFNO5S/c1-22-13(19)9-3-8(14)4-10(12(9)16)17-5-7(2-11(17)18)6-23(15,20)21/h3-4,7H,2,5-6H2,1H3. The molecular weight excluding hydrogens is 417 g/mol. The fraction of sp³-hybridized carbons (Fsp3) is 0.385. The quantitative estimate of drug-likeness (QED) is 0.543.